The second-order valence-corrected chi connectivity index (χ2v) is 8.24. The van der Waals surface area contributed by atoms with Gasteiger partial charge in [0.15, 0.2) is 5.13 Å². The van der Waals surface area contributed by atoms with Gasteiger partial charge >= 0.3 is 0 Å². The maximum atomic E-state index is 12.7. The number of furan rings is 1. The van der Waals surface area contributed by atoms with E-state index >= 15 is 0 Å². The lowest BCUT2D eigenvalue weighted by atomic mass is 10.1. The quantitative estimate of drug-likeness (QED) is 0.658. The molecular weight excluding hydrogens is 404 g/mol. The molecule has 30 heavy (non-hydrogen) atoms. The van der Waals surface area contributed by atoms with Gasteiger partial charge < -0.3 is 20.0 Å². The van der Waals surface area contributed by atoms with E-state index in [0.717, 1.165) is 22.5 Å². The van der Waals surface area contributed by atoms with Gasteiger partial charge in [-0.25, -0.2) is 4.98 Å². The van der Waals surface area contributed by atoms with Crippen molar-refractivity contribution in [3.05, 3.63) is 53.3 Å². The van der Waals surface area contributed by atoms with E-state index in [1.807, 2.05) is 29.6 Å². The van der Waals surface area contributed by atoms with E-state index in [1.54, 1.807) is 17.2 Å². The van der Waals surface area contributed by atoms with Crippen LogP contribution in [0.1, 0.15) is 17.7 Å². The van der Waals surface area contributed by atoms with Crippen LogP contribution in [0.25, 0.3) is 11.3 Å². The first kappa shape index (κ1) is 18.6. The summed E-state index contributed by atoms with van der Waals surface area (Å²) in [4.78, 5) is 42.6. The summed E-state index contributed by atoms with van der Waals surface area (Å²) in [7, 11) is 0. The average molecular weight is 422 g/mol. The highest BCUT2D eigenvalue weighted by Gasteiger charge is 2.35. The average Bonchev–Trinajstić information content (AvgIpc) is 3.49. The Morgan fingerprint density at radius 2 is 2.23 bits per heavy atom. The Labute approximate surface area is 175 Å². The zero-order chi connectivity index (χ0) is 20.7. The molecule has 2 aromatic heterocycles. The van der Waals surface area contributed by atoms with Crippen LogP contribution in [0.15, 0.2) is 46.4 Å². The molecule has 3 aromatic rings. The fraction of sp³-hybridized carbons (Fsp3) is 0.238. The number of amides is 3. The summed E-state index contributed by atoms with van der Waals surface area (Å²) < 4.78 is 5.29. The molecule has 2 N–H and O–H groups in total. The van der Waals surface area contributed by atoms with Crippen molar-refractivity contribution in [2.45, 2.75) is 19.4 Å². The molecule has 1 saturated heterocycles. The second-order valence-electron chi connectivity index (χ2n) is 7.38. The van der Waals surface area contributed by atoms with Crippen molar-refractivity contribution in [1.29, 1.82) is 0 Å². The van der Waals surface area contributed by atoms with E-state index in [9.17, 15) is 14.4 Å². The first-order valence-corrected chi connectivity index (χ1v) is 10.4. The summed E-state index contributed by atoms with van der Waals surface area (Å²) in [5.41, 5.74) is 3.40. The summed E-state index contributed by atoms with van der Waals surface area (Å²) >= 11 is 1.33. The van der Waals surface area contributed by atoms with Gasteiger partial charge in [0.1, 0.15) is 5.76 Å². The molecule has 5 rings (SSSR count). The molecule has 8 nitrogen and oxygen atoms in total. The van der Waals surface area contributed by atoms with E-state index in [-0.39, 0.29) is 24.1 Å². The molecule has 0 bridgehead atoms. The molecule has 2 aliphatic heterocycles. The summed E-state index contributed by atoms with van der Waals surface area (Å²) in [5.74, 6) is -0.0136. The third-order valence-corrected chi connectivity index (χ3v) is 6.03. The molecule has 1 fully saturated rings. The molecule has 1 aromatic carbocycles. The number of nitrogens with one attached hydrogen (secondary N) is 2. The summed E-state index contributed by atoms with van der Waals surface area (Å²) in [5, 5.41) is 7.99. The van der Waals surface area contributed by atoms with Crippen molar-refractivity contribution in [2.24, 2.45) is 5.92 Å². The highest BCUT2D eigenvalue weighted by atomic mass is 32.1. The van der Waals surface area contributed by atoms with Crippen LogP contribution in [0.2, 0.25) is 0 Å². The standard InChI is InChI=1S/C21H18N4O4S/c26-18-7-13-6-12(3-4-16(13)22-18)17-11-30-21(23-17)24-20(28)14-8-19(27)25(9-14)10-15-2-1-5-29-15/h1-6,11,14H,7-10H2,(H,22,26)(H,23,24,28)/t14-/m0/s1. The number of fused-ring (bicyclic) bond motifs is 1. The first-order valence-electron chi connectivity index (χ1n) is 9.55. The number of carbonyl (C=O) groups is 3. The van der Waals surface area contributed by atoms with Crippen LogP contribution in [0, 0.1) is 5.92 Å². The van der Waals surface area contributed by atoms with Gasteiger partial charge in [-0.05, 0) is 29.8 Å². The Morgan fingerprint density at radius 1 is 1.33 bits per heavy atom. The minimum atomic E-state index is -0.420. The number of rotatable bonds is 5. The highest BCUT2D eigenvalue weighted by Crippen LogP contribution is 2.31. The fourth-order valence-electron chi connectivity index (χ4n) is 3.75. The van der Waals surface area contributed by atoms with E-state index in [0.29, 0.717) is 30.4 Å². The summed E-state index contributed by atoms with van der Waals surface area (Å²) in [6.45, 7) is 0.724. The van der Waals surface area contributed by atoms with Crippen LogP contribution in [0.5, 0.6) is 0 Å². The smallest absolute Gasteiger partial charge is 0.231 e. The summed E-state index contributed by atoms with van der Waals surface area (Å²) in [6.07, 6.45) is 2.10. The Hall–Kier alpha value is -3.46. The molecule has 0 spiro atoms. The largest absolute Gasteiger partial charge is 0.467 e. The minimum Gasteiger partial charge on any atom is -0.467 e. The number of likely N-dealkylation sites (tertiary alicyclic amines) is 1. The van der Waals surface area contributed by atoms with E-state index in [2.05, 4.69) is 15.6 Å². The maximum Gasteiger partial charge on any atom is 0.231 e. The molecule has 0 saturated carbocycles. The van der Waals surface area contributed by atoms with Crippen LogP contribution in [0.4, 0.5) is 10.8 Å². The lowest BCUT2D eigenvalue weighted by Crippen LogP contribution is -2.27. The van der Waals surface area contributed by atoms with Crippen molar-refractivity contribution in [2.75, 3.05) is 17.2 Å². The van der Waals surface area contributed by atoms with Crippen molar-refractivity contribution in [1.82, 2.24) is 9.88 Å². The van der Waals surface area contributed by atoms with Crippen LogP contribution >= 0.6 is 11.3 Å². The molecule has 4 heterocycles. The van der Waals surface area contributed by atoms with Crippen molar-refractivity contribution < 1.29 is 18.8 Å². The van der Waals surface area contributed by atoms with E-state index in [1.165, 1.54) is 11.3 Å². The predicted octanol–water partition coefficient (Wildman–Crippen LogP) is 2.88. The zero-order valence-corrected chi connectivity index (χ0v) is 16.7. The molecule has 2 aliphatic rings. The fourth-order valence-corrected chi connectivity index (χ4v) is 4.47. The molecule has 0 unspecified atom stereocenters. The second kappa shape index (κ2) is 7.42. The zero-order valence-electron chi connectivity index (χ0n) is 15.9. The molecule has 152 valence electrons. The molecule has 0 aliphatic carbocycles. The lowest BCUT2D eigenvalue weighted by molar-refractivity contribution is -0.128. The number of anilines is 2. The number of nitrogens with zero attached hydrogens (tertiary/aromatic N) is 2. The Morgan fingerprint density at radius 3 is 3.07 bits per heavy atom. The van der Waals surface area contributed by atoms with Gasteiger partial charge in [-0.1, -0.05) is 6.07 Å². The van der Waals surface area contributed by atoms with Gasteiger partial charge in [-0.15, -0.1) is 11.3 Å². The number of carbonyl (C=O) groups excluding carboxylic acids is 3. The summed E-state index contributed by atoms with van der Waals surface area (Å²) in [6, 6.07) is 9.28. The van der Waals surface area contributed by atoms with Crippen molar-refractivity contribution in [3.63, 3.8) is 0 Å². The van der Waals surface area contributed by atoms with Crippen LogP contribution in [-0.4, -0.2) is 34.2 Å². The number of benzene rings is 1. The maximum absolute atomic E-state index is 12.7. The van der Waals surface area contributed by atoms with Gasteiger partial charge in [0, 0.05) is 29.6 Å². The molecule has 3 amide bonds. The van der Waals surface area contributed by atoms with Gasteiger partial charge in [-0.3, -0.25) is 14.4 Å². The van der Waals surface area contributed by atoms with E-state index < -0.39 is 5.92 Å². The van der Waals surface area contributed by atoms with Crippen molar-refractivity contribution in [3.8, 4) is 11.3 Å². The van der Waals surface area contributed by atoms with Crippen LogP contribution in [0.3, 0.4) is 0 Å². The van der Waals surface area contributed by atoms with Crippen molar-refractivity contribution >= 4 is 39.9 Å². The molecule has 9 heteroatoms. The van der Waals surface area contributed by atoms with Gasteiger partial charge in [0.25, 0.3) is 0 Å². The van der Waals surface area contributed by atoms with Gasteiger partial charge in [0.2, 0.25) is 17.7 Å². The number of thiazole rings is 1. The molecule has 0 radical (unpaired) electrons. The van der Waals surface area contributed by atoms with Crippen LogP contribution in [-0.2, 0) is 27.3 Å². The number of hydrogen-bond donors (Lipinski definition) is 2. The number of aromatic nitrogens is 1. The Bertz CT molecular complexity index is 1140. The third kappa shape index (κ3) is 3.59. The number of hydrogen-bond acceptors (Lipinski definition) is 6. The molecule has 1 atom stereocenters. The Balaban J connectivity index is 1.23. The van der Waals surface area contributed by atoms with Gasteiger partial charge in [-0.2, -0.15) is 0 Å². The molecular formula is C21H18N4O4S. The monoisotopic (exact) mass is 422 g/mol. The predicted molar refractivity (Wildman–Crippen MR) is 111 cm³/mol. The van der Waals surface area contributed by atoms with E-state index in [4.69, 9.17) is 4.42 Å². The Kier molecular flexibility index (Phi) is 4.59. The van der Waals surface area contributed by atoms with Gasteiger partial charge in [0.05, 0.1) is 30.8 Å². The SMILES string of the molecule is O=C1Cc2cc(-c3csc(NC(=O)[C@H]4CC(=O)N(Cc5ccco5)C4)n3)ccc2N1. The normalized spacial score (nSPS) is 17.9. The topological polar surface area (TPSA) is 105 Å². The minimum absolute atomic E-state index is 0.0133. The van der Waals surface area contributed by atoms with Crippen LogP contribution < -0.4 is 10.6 Å². The first-order chi connectivity index (χ1) is 14.5. The lowest BCUT2D eigenvalue weighted by Gasteiger charge is -2.14. The highest BCUT2D eigenvalue weighted by molar-refractivity contribution is 7.14. The third-order valence-electron chi connectivity index (χ3n) is 5.27.